The molecule has 2 aromatic carbocycles. The summed E-state index contributed by atoms with van der Waals surface area (Å²) >= 11 is 0. The maximum atomic E-state index is 13.1. The van der Waals surface area contributed by atoms with Crippen molar-refractivity contribution >= 4 is 25.1 Å². The number of carbonyl (C=O) groups excluding carboxylic acids is 2. The maximum Gasteiger partial charge on any atom is 0.228 e. The van der Waals surface area contributed by atoms with Crippen LogP contribution in [-0.2, 0) is 16.0 Å². The molecule has 0 aromatic heterocycles. The van der Waals surface area contributed by atoms with Crippen LogP contribution in [0.4, 0.5) is 5.69 Å². The highest BCUT2D eigenvalue weighted by molar-refractivity contribution is 6.58. The number of carbonyl (C=O) groups is 2. The van der Waals surface area contributed by atoms with Crippen LogP contribution in [0, 0.1) is 24.7 Å². The molecule has 2 saturated carbocycles. The van der Waals surface area contributed by atoms with E-state index in [0.717, 1.165) is 48.6 Å². The Hall–Kier alpha value is -2.56. The van der Waals surface area contributed by atoms with E-state index in [1.165, 1.54) is 36.0 Å². The van der Waals surface area contributed by atoms with Crippen LogP contribution >= 0.6 is 0 Å². The van der Waals surface area contributed by atoms with Gasteiger partial charge in [-0.05, 0) is 85.9 Å². The highest BCUT2D eigenvalue weighted by Crippen LogP contribution is 2.38. The summed E-state index contributed by atoms with van der Waals surface area (Å²) in [6.07, 6.45) is 8.13. The van der Waals surface area contributed by atoms with Gasteiger partial charge in [0.1, 0.15) is 5.75 Å². The van der Waals surface area contributed by atoms with E-state index >= 15 is 0 Å². The number of hydrogen-bond acceptors (Lipinski definition) is 3. The predicted molar refractivity (Wildman–Crippen MR) is 134 cm³/mol. The molecule has 2 aromatic rings. The Kier molecular flexibility index (Phi) is 7.57. The summed E-state index contributed by atoms with van der Waals surface area (Å²) in [7, 11) is 5.59. The lowest BCUT2D eigenvalue weighted by Crippen LogP contribution is -2.36. The number of hydrogen-bond donors (Lipinski definition) is 1. The molecule has 2 radical (unpaired) electrons. The Bertz CT molecular complexity index is 1010. The molecule has 4 rings (SSSR count). The first-order chi connectivity index (χ1) is 16.0. The van der Waals surface area contributed by atoms with Gasteiger partial charge in [0.05, 0.1) is 12.3 Å². The van der Waals surface area contributed by atoms with Crippen LogP contribution in [0.25, 0.3) is 11.1 Å². The lowest BCUT2D eigenvalue weighted by atomic mass is 9.71. The smallest absolute Gasteiger partial charge is 0.228 e. The van der Waals surface area contributed by atoms with Gasteiger partial charge in [-0.3, -0.25) is 4.79 Å². The van der Waals surface area contributed by atoms with Gasteiger partial charge in [0.15, 0.2) is 7.85 Å². The van der Waals surface area contributed by atoms with E-state index in [4.69, 9.17) is 12.6 Å². The number of rotatable bonds is 9. The molecule has 0 heterocycles. The lowest BCUT2D eigenvalue weighted by Gasteiger charge is -2.29. The van der Waals surface area contributed by atoms with Gasteiger partial charge in [-0.2, -0.15) is 0 Å². The molecule has 2 fully saturated rings. The zero-order valence-corrected chi connectivity index (χ0v) is 19.9. The fourth-order valence-electron chi connectivity index (χ4n) is 5.15. The third kappa shape index (κ3) is 5.69. The summed E-state index contributed by atoms with van der Waals surface area (Å²) in [5.74, 6) is 0.946. The Morgan fingerprint density at radius 3 is 2.48 bits per heavy atom. The van der Waals surface area contributed by atoms with Crippen LogP contribution in [0.5, 0.6) is 5.75 Å². The van der Waals surface area contributed by atoms with Crippen molar-refractivity contribution in [2.75, 3.05) is 11.9 Å². The first kappa shape index (κ1) is 23.6. The topological polar surface area (TPSA) is 55.4 Å². The molecule has 0 aliphatic heterocycles. The molecule has 2 aliphatic rings. The van der Waals surface area contributed by atoms with Crippen LogP contribution in [0.2, 0.25) is 0 Å². The largest absolute Gasteiger partial charge is 0.494 e. The maximum absolute atomic E-state index is 13.1. The fraction of sp³-hybridized carbons (Fsp3) is 0.500. The fourth-order valence-corrected chi connectivity index (χ4v) is 5.15. The molecule has 1 unspecified atom stereocenters. The number of nitrogens with one attached hydrogen (secondary N) is 1. The van der Waals surface area contributed by atoms with E-state index in [-0.39, 0.29) is 23.4 Å². The van der Waals surface area contributed by atoms with Gasteiger partial charge in [-0.1, -0.05) is 43.9 Å². The molecule has 0 saturated heterocycles. The molecule has 172 valence electrons. The minimum Gasteiger partial charge on any atom is -0.494 e. The quantitative estimate of drug-likeness (QED) is 0.495. The van der Waals surface area contributed by atoms with Crippen molar-refractivity contribution < 1.29 is 14.3 Å². The van der Waals surface area contributed by atoms with Crippen molar-refractivity contribution in [2.24, 2.45) is 17.8 Å². The van der Waals surface area contributed by atoms with Crippen molar-refractivity contribution in [1.29, 1.82) is 0 Å². The molecule has 2 aliphatic carbocycles. The Morgan fingerprint density at radius 2 is 1.79 bits per heavy atom. The second kappa shape index (κ2) is 10.6. The number of aryl methyl sites for hydroxylation is 1. The van der Waals surface area contributed by atoms with Crippen molar-refractivity contribution in [3.05, 3.63) is 47.5 Å². The summed E-state index contributed by atoms with van der Waals surface area (Å²) in [6.45, 7) is 4.74. The molecule has 33 heavy (non-hydrogen) atoms. The van der Waals surface area contributed by atoms with Gasteiger partial charge in [0.2, 0.25) is 5.91 Å². The second-order valence-electron chi connectivity index (χ2n) is 9.60. The molecule has 4 nitrogen and oxygen atoms in total. The van der Waals surface area contributed by atoms with E-state index in [1.54, 1.807) is 0 Å². The first-order valence-corrected chi connectivity index (χ1v) is 12.4. The van der Waals surface area contributed by atoms with Crippen molar-refractivity contribution in [3.8, 4) is 16.9 Å². The van der Waals surface area contributed by atoms with Gasteiger partial charge in [-0.25, -0.2) is 0 Å². The number of amides is 1. The summed E-state index contributed by atoms with van der Waals surface area (Å²) in [5.41, 5.74) is 5.18. The highest BCUT2D eigenvalue weighted by atomic mass is 16.5. The first-order valence-electron chi connectivity index (χ1n) is 12.4. The molecule has 0 bridgehead atoms. The van der Waals surface area contributed by atoms with Gasteiger partial charge >= 0.3 is 0 Å². The van der Waals surface area contributed by atoms with Crippen LogP contribution in [-0.4, -0.2) is 26.0 Å². The van der Waals surface area contributed by atoms with Crippen LogP contribution in [0.3, 0.4) is 0 Å². The van der Waals surface area contributed by atoms with E-state index in [2.05, 4.69) is 30.4 Å². The molecular formula is C28H34BNO3. The summed E-state index contributed by atoms with van der Waals surface area (Å²) in [5, 5.41) is 3.09. The summed E-state index contributed by atoms with van der Waals surface area (Å²) in [4.78, 5) is 24.9. The molecule has 0 spiro atoms. The zero-order chi connectivity index (χ0) is 23.4. The monoisotopic (exact) mass is 443 g/mol. The standard InChI is InChI=1S/C28H34BNO3/c1-3-33-26-10-6-9-22(18(26)2)23-16-15-21(17-20(23)14-13-19-11-12-19)30-28(32)25-8-5-4-7-24(25)27(29)31/h6,9-10,15-17,19,24-25H,3-5,7-8,11-14H2,1-2H3,(H,30,32)/t24?,25-/m0/s1. The minimum absolute atomic E-state index is 0.0890. The molecule has 2 atom stereocenters. The van der Waals surface area contributed by atoms with Gasteiger partial charge in [0, 0.05) is 17.5 Å². The SMILES string of the molecule is [B]C(=O)C1CCCC[C@@H]1C(=O)Nc1ccc(-c2cccc(OCC)c2C)c(CCC2CC2)c1. The third-order valence-electron chi connectivity index (χ3n) is 7.23. The third-order valence-corrected chi connectivity index (χ3v) is 7.23. The van der Waals surface area contributed by atoms with Crippen LogP contribution < -0.4 is 10.1 Å². The van der Waals surface area contributed by atoms with Crippen molar-refractivity contribution in [1.82, 2.24) is 0 Å². The summed E-state index contributed by atoms with van der Waals surface area (Å²) < 4.78 is 5.82. The average Bonchev–Trinajstić information content (AvgIpc) is 3.64. The van der Waals surface area contributed by atoms with E-state index in [0.29, 0.717) is 13.0 Å². The van der Waals surface area contributed by atoms with Crippen LogP contribution in [0.15, 0.2) is 36.4 Å². The van der Waals surface area contributed by atoms with Gasteiger partial charge in [0.25, 0.3) is 0 Å². The highest BCUT2D eigenvalue weighted by Gasteiger charge is 2.33. The van der Waals surface area contributed by atoms with Crippen LogP contribution in [0.1, 0.15) is 63.0 Å². The Morgan fingerprint density at radius 1 is 1.03 bits per heavy atom. The van der Waals surface area contributed by atoms with E-state index < -0.39 is 0 Å². The Labute approximate surface area is 198 Å². The molecule has 1 N–H and O–H groups in total. The number of anilines is 1. The predicted octanol–water partition coefficient (Wildman–Crippen LogP) is 5.84. The van der Waals surface area contributed by atoms with E-state index in [9.17, 15) is 9.59 Å². The van der Waals surface area contributed by atoms with Gasteiger partial charge in [-0.15, -0.1) is 0 Å². The second-order valence-corrected chi connectivity index (χ2v) is 9.60. The molecule has 5 heteroatoms. The normalized spacial score (nSPS) is 20.3. The van der Waals surface area contributed by atoms with Crippen molar-refractivity contribution in [2.45, 2.75) is 65.2 Å². The lowest BCUT2D eigenvalue weighted by molar-refractivity contribution is -0.128. The zero-order valence-electron chi connectivity index (χ0n) is 19.9. The van der Waals surface area contributed by atoms with Crippen molar-refractivity contribution in [3.63, 3.8) is 0 Å². The van der Waals surface area contributed by atoms with Gasteiger partial charge < -0.3 is 14.8 Å². The molecule has 1 amide bonds. The molecular weight excluding hydrogens is 409 g/mol. The minimum atomic E-state index is -0.365. The Balaban J connectivity index is 1.60. The number of ether oxygens (including phenoxy) is 1. The average molecular weight is 443 g/mol. The van der Waals surface area contributed by atoms with E-state index in [1.807, 2.05) is 25.1 Å². The number of benzene rings is 2. The summed E-state index contributed by atoms with van der Waals surface area (Å²) in [6, 6.07) is 12.4.